The normalized spacial score (nSPS) is 10.5. The van der Waals surface area contributed by atoms with E-state index in [1.807, 2.05) is 29.6 Å². The molecule has 20 heavy (non-hydrogen) atoms. The van der Waals surface area contributed by atoms with E-state index in [0.29, 0.717) is 17.4 Å². The van der Waals surface area contributed by atoms with Crippen molar-refractivity contribution in [3.8, 4) is 0 Å². The molecular weight excluding hydrogens is 294 g/mol. The maximum Gasteiger partial charge on any atom is 0.367 e. The van der Waals surface area contributed by atoms with Gasteiger partial charge in [-0.1, -0.05) is 12.1 Å². The van der Waals surface area contributed by atoms with Crippen molar-refractivity contribution in [1.82, 2.24) is 4.98 Å². The Labute approximate surface area is 125 Å². The van der Waals surface area contributed by atoms with Crippen molar-refractivity contribution in [2.75, 3.05) is 6.61 Å². The zero-order valence-corrected chi connectivity index (χ0v) is 12.7. The molecule has 4 nitrogen and oxygen atoms in total. The van der Waals surface area contributed by atoms with Crippen molar-refractivity contribution in [3.05, 3.63) is 45.9 Å². The standard InChI is InChI=1S/C14H15NO3S2/c1-2-18-14(17)13-15-11(9-20-13)8-19-12-5-3-10(7-16)4-6-12/h3-6,9,16H,2,7-8H2,1H3. The number of thiazole rings is 1. The summed E-state index contributed by atoms with van der Waals surface area (Å²) >= 11 is 2.95. The number of thioether (sulfide) groups is 1. The molecular formula is C14H15NO3S2. The molecule has 6 heteroatoms. The number of aromatic nitrogens is 1. The maximum atomic E-state index is 11.5. The quantitative estimate of drug-likeness (QED) is 0.656. The number of carbonyl (C=O) groups excluding carboxylic acids is 1. The Balaban J connectivity index is 1.91. The molecule has 0 atom stereocenters. The number of hydrogen-bond donors (Lipinski definition) is 1. The second-order valence-electron chi connectivity index (χ2n) is 3.96. The van der Waals surface area contributed by atoms with Crippen molar-refractivity contribution in [3.63, 3.8) is 0 Å². The average molecular weight is 309 g/mol. The Bertz CT molecular complexity index is 566. The summed E-state index contributed by atoms with van der Waals surface area (Å²) in [4.78, 5) is 16.9. The number of rotatable bonds is 6. The van der Waals surface area contributed by atoms with Crippen LogP contribution in [0, 0.1) is 0 Å². The van der Waals surface area contributed by atoms with Gasteiger partial charge in [-0.15, -0.1) is 23.1 Å². The SMILES string of the molecule is CCOC(=O)c1nc(CSc2ccc(CO)cc2)cs1. The summed E-state index contributed by atoms with van der Waals surface area (Å²) in [5.41, 5.74) is 1.77. The predicted octanol–water partition coefficient (Wildman–Crippen LogP) is 3.10. The molecule has 1 N–H and O–H groups in total. The van der Waals surface area contributed by atoms with Gasteiger partial charge in [-0.3, -0.25) is 0 Å². The molecule has 106 valence electrons. The number of nitrogens with zero attached hydrogens (tertiary/aromatic N) is 1. The van der Waals surface area contributed by atoms with Crippen LogP contribution in [0.15, 0.2) is 34.5 Å². The molecule has 0 unspecified atom stereocenters. The molecule has 2 aromatic rings. The van der Waals surface area contributed by atoms with Gasteiger partial charge in [-0.2, -0.15) is 0 Å². The largest absolute Gasteiger partial charge is 0.461 e. The number of aliphatic hydroxyl groups is 1. The molecule has 1 aromatic heterocycles. The van der Waals surface area contributed by atoms with Gasteiger partial charge in [0.1, 0.15) is 0 Å². The first-order valence-corrected chi connectivity index (χ1v) is 8.03. The zero-order chi connectivity index (χ0) is 14.4. The molecule has 0 aliphatic rings. The van der Waals surface area contributed by atoms with Crippen LogP contribution < -0.4 is 0 Å². The highest BCUT2D eigenvalue weighted by Gasteiger charge is 2.11. The van der Waals surface area contributed by atoms with Crippen LogP contribution in [0.3, 0.4) is 0 Å². The van der Waals surface area contributed by atoms with Crippen molar-refractivity contribution in [2.45, 2.75) is 24.2 Å². The van der Waals surface area contributed by atoms with Crippen molar-refractivity contribution < 1.29 is 14.6 Å². The molecule has 0 radical (unpaired) electrons. The van der Waals surface area contributed by atoms with Gasteiger partial charge in [0.2, 0.25) is 5.01 Å². The van der Waals surface area contributed by atoms with E-state index in [0.717, 1.165) is 16.2 Å². The van der Waals surface area contributed by atoms with Gasteiger partial charge in [0.15, 0.2) is 0 Å². The van der Waals surface area contributed by atoms with E-state index in [9.17, 15) is 4.79 Å². The van der Waals surface area contributed by atoms with Crippen LogP contribution in [0.5, 0.6) is 0 Å². The minimum atomic E-state index is -0.360. The number of hydrogen-bond acceptors (Lipinski definition) is 6. The summed E-state index contributed by atoms with van der Waals surface area (Å²) < 4.78 is 4.91. The van der Waals surface area contributed by atoms with Crippen molar-refractivity contribution >= 4 is 29.1 Å². The van der Waals surface area contributed by atoms with Crippen LogP contribution in [-0.4, -0.2) is 22.7 Å². The summed E-state index contributed by atoms with van der Waals surface area (Å²) in [6, 6.07) is 7.73. The first-order valence-electron chi connectivity index (χ1n) is 6.17. The third-order valence-electron chi connectivity index (χ3n) is 2.49. The van der Waals surface area contributed by atoms with Crippen molar-refractivity contribution in [1.29, 1.82) is 0 Å². The molecule has 1 heterocycles. The summed E-state index contributed by atoms with van der Waals surface area (Å²) in [6.07, 6.45) is 0. The lowest BCUT2D eigenvalue weighted by molar-refractivity contribution is 0.0525. The molecule has 0 saturated carbocycles. The number of esters is 1. The monoisotopic (exact) mass is 309 g/mol. The third kappa shape index (κ3) is 4.06. The van der Waals surface area contributed by atoms with Gasteiger partial charge in [-0.05, 0) is 24.6 Å². The van der Waals surface area contributed by atoms with Gasteiger partial charge in [0.25, 0.3) is 0 Å². The predicted molar refractivity (Wildman–Crippen MR) is 80.0 cm³/mol. The molecule has 2 rings (SSSR count). The lowest BCUT2D eigenvalue weighted by atomic mass is 10.2. The fourth-order valence-electron chi connectivity index (χ4n) is 1.51. The van der Waals surface area contributed by atoms with Gasteiger partial charge in [0, 0.05) is 16.0 Å². The average Bonchev–Trinajstić information content (AvgIpc) is 2.95. The van der Waals surface area contributed by atoms with E-state index in [-0.39, 0.29) is 12.6 Å². The zero-order valence-electron chi connectivity index (χ0n) is 11.0. The molecule has 1 aromatic carbocycles. The van der Waals surface area contributed by atoms with E-state index in [1.54, 1.807) is 18.7 Å². The lowest BCUT2D eigenvalue weighted by Crippen LogP contribution is -2.03. The molecule has 0 spiro atoms. The van der Waals surface area contributed by atoms with Crippen LogP contribution >= 0.6 is 23.1 Å². The molecule has 0 aliphatic heterocycles. The Morgan fingerprint density at radius 2 is 2.15 bits per heavy atom. The Morgan fingerprint density at radius 1 is 1.40 bits per heavy atom. The van der Waals surface area contributed by atoms with Crippen LogP contribution in [0.2, 0.25) is 0 Å². The second kappa shape index (κ2) is 7.42. The third-order valence-corrected chi connectivity index (χ3v) is 4.41. The van der Waals surface area contributed by atoms with E-state index >= 15 is 0 Å². The fraction of sp³-hybridized carbons (Fsp3) is 0.286. The molecule has 0 amide bonds. The highest BCUT2D eigenvalue weighted by Crippen LogP contribution is 2.24. The Kier molecular flexibility index (Phi) is 5.58. The van der Waals surface area contributed by atoms with E-state index in [1.165, 1.54) is 11.3 Å². The van der Waals surface area contributed by atoms with Crippen LogP contribution in [0.25, 0.3) is 0 Å². The minimum absolute atomic E-state index is 0.0555. The Morgan fingerprint density at radius 3 is 2.80 bits per heavy atom. The first kappa shape index (κ1) is 15.0. The lowest BCUT2D eigenvalue weighted by Gasteiger charge is -2.01. The van der Waals surface area contributed by atoms with Crippen molar-refractivity contribution in [2.24, 2.45) is 0 Å². The summed E-state index contributed by atoms with van der Waals surface area (Å²) in [6.45, 7) is 2.19. The molecule has 0 saturated heterocycles. The van der Waals surface area contributed by atoms with Gasteiger partial charge in [-0.25, -0.2) is 9.78 Å². The van der Waals surface area contributed by atoms with Crippen LogP contribution in [-0.2, 0) is 17.1 Å². The van der Waals surface area contributed by atoms with Crippen LogP contribution in [0.4, 0.5) is 0 Å². The minimum Gasteiger partial charge on any atom is -0.461 e. The molecule has 0 bridgehead atoms. The van der Waals surface area contributed by atoms with E-state index < -0.39 is 0 Å². The van der Waals surface area contributed by atoms with Gasteiger partial charge in [0.05, 0.1) is 18.9 Å². The number of carbonyl (C=O) groups is 1. The number of ether oxygens (including phenoxy) is 1. The second-order valence-corrected chi connectivity index (χ2v) is 5.86. The smallest absolute Gasteiger partial charge is 0.367 e. The fourth-order valence-corrected chi connectivity index (χ4v) is 3.11. The highest BCUT2D eigenvalue weighted by atomic mass is 32.2. The molecule has 0 aliphatic carbocycles. The number of aliphatic hydroxyl groups excluding tert-OH is 1. The summed E-state index contributed by atoms with van der Waals surface area (Å²) in [7, 11) is 0. The summed E-state index contributed by atoms with van der Waals surface area (Å²) in [5, 5.41) is 11.3. The van der Waals surface area contributed by atoms with Gasteiger partial charge < -0.3 is 9.84 Å². The van der Waals surface area contributed by atoms with E-state index in [4.69, 9.17) is 9.84 Å². The maximum absolute atomic E-state index is 11.5. The number of benzene rings is 1. The topological polar surface area (TPSA) is 59.4 Å². The highest BCUT2D eigenvalue weighted by molar-refractivity contribution is 7.98. The van der Waals surface area contributed by atoms with Gasteiger partial charge >= 0.3 is 5.97 Å². The molecule has 0 fully saturated rings. The summed E-state index contributed by atoms with van der Waals surface area (Å²) in [5.74, 6) is 0.343. The Hall–Kier alpha value is -1.37. The van der Waals surface area contributed by atoms with E-state index in [2.05, 4.69) is 4.98 Å². The van der Waals surface area contributed by atoms with Crippen LogP contribution in [0.1, 0.15) is 28.0 Å². The first-order chi connectivity index (χ1) is 9.72.